The molecule has 1 aliphatic heterocycles. The summed E-state index contributed by atoms with van der Waals surface area (Å²) in [5, 5.41) is 11.7. The van der Waals surface area contributed by atoms with Gasteiger partial charge in [0.1, 0.15) is 6.61 Å². The monoisotopic (exact) mass is 279 g/mol. The lowest BCUT2D eigenvalue weighted by atomic mass is 9.92. The first-order chi connectivity index (χ1) is 9.54. The molecule has 1 aromatic rings. The molecular formula is C14H17NO5. The van der Waals surface area contributed by atoms with Crippen molar-refractivity contribution in [3.63, 3.8) is 0 Å². The van der Waals surface area contributed by atoms with E-state index in [1.54, 1.807) is 6.92 Å². The molecule has 2 unspecified atom stereocenters. The summed E-state index contributed by atoms with van der Waals surface area (Å²) >= 11 is 0. The van der Waals surface area contributed by atoms with Crippen LogP contribution in [0.5, 0.6) is 0 Å². The van der Waals surface area contributed by atoms with E-state index in [1.165, 1.54) is 0 Å². The normalized spacial score (nSPS) is 25.1. The Morgan fingerprint density at radius 1 is 1.45 bits per heavy atom. The first kappa shape index (κ1) is 14.3. The summed E-state index contributed by atoms with van der Waals surface area (Å²) in [7, 11) is 0. The number of carbonyl (C=O) groups is 2. The molecule has 108 valence electrons. The third-order valence-electron chi connectivity index (χ3n) is 3.48. The van der Waals surface area contributed by atoms with E-state index in [1.807, 2.05) is 30.3 Å². The van der Waals surface area contributed by atoms with Crippen molar-refractivity contribution in [1.29, 1.82) is 0 Å². The largest absolute Gasteiger partial charge is 0.479 e. The number of aliphatic carboxylic acids is 1. The lowest BCUT2D eigenvalue weighted by Crippen LogP contribution is -2.58. The maximum atomic E-state index is 11.8. The van der Waals surface area contributed by atoms with Crippen molar-refractivity contribution >= 4 is 12.1 Å². The van der Waals surface area contributed by atoms with E-state index in [4.69, 9.17) is 9.47 Å². The second kappa shape index (κ2) is 5.92. The average molecular weight is 279 g/mol. The van der Waals surface area contributed by atoms with Crippen molar-refractivity contribution < 1.29 is 24.2 Å². The lowest BCUT2D eigenvalue weighted by Gasteiger charge is -2.28. The number of benzene rings is 1. The van der Waals surface area contributed by atoms with Crippen LogP contribution in [-0.2, 0) is 20.9 Å². The maximum absolute atomic E-state index is 11.8. The van der Waals surface area contributed by atoms with Gasteiger partial charge in [-0.15, -0.1) is 0 Å². The van der Waals surface area contributed by atoms with Gasteiger partial charge in [-0.3, -0.25) is 0 Å². The van der Waals surface area contributed by atoms with E-state index in [-0.39, 0.29) is 13.0 Å². The Morgan fingerprint density at radius 3 is 2.70 bits per heavy atom. The molecule has 1 saturated heterocycles. The Labute approximate surface area is 116 Å². The van der Waals surface area contributed by atoms with E-state index in [0.29, 0.717) is 6.61 Å². The Kier molecular flexibility index (Phi) is 4.24. The fourth-order valence-electron chi connectivity index (χ4n) is 2.18. The smallest absolute Gasteiger partial charge is 0.408 e. The third-order valence-corrected chi connectivity index (χ3v) is 3.48. The van der Waals surface area contributed by atoms with Gasteiger partial charge >= 0.3 is 12.1 Å². The van der Waals surface area contributed by atoms with Crippen LogP contribution in [0.2, 0.25) is 0 Å². The maximum Gasteiger partial charge on any atom is 0.408 e. The van der Waals surface area contributed by atoms with Crippen LogP contribution in [0.3, 0.4) is 0 Å². The highest BCUT2D eigenvalue weighted by Crippen LogP contribution is 2.26. The molecule has 1 aliphatic rings. The molecule has 6 nitrogen and oxygen atoms in total. The predicted octanol–water partition coefficient (Wildman–Crippen LogP) is 1.55. The van der Waals surface area contributed by atoms with Gasteiger partial charge in [-0.25, -0.2) is 9.59 Å². The second-order valence-corrected chi connectivity index (χ2v) is 4.73. The number of amides is 1. The molecule has 20 heavy (non-hydrogen) atoms. The van der Waals surface area contributed by atoms with Crippen molar-refractivity contribution in [1.82, 2.24) is 5.32 Å². The summed E-state index contributed by atoms with van der Waals surface area (Å²) in [5.41, 5.74) is -0.573. The molecule has 6 heteroatoms. The summed E-state index contributed by atoms with van der Waals surface area (Å²) in [4.78, 5) is 23.2. The number of hydrogen-bond acceptors (Lipinski definition) is 4. The summed E-state index contributed by atoms with van der Waals surface area (Å²) in [5.74, 6) is -1.11. The number of carbonyl (C=O) groups excluding carboxylic acids is 1. The number of carboxylic acid groups (broad SMARTS) is 1. The standard InChI is InChI=1S/C14H17NO5/c1-10-14(12(16)17,7-8-19-10)15-13(18)20-9-11-5-3-2-4-6-11/h2-6,10H,7-9H2,1H3,(H,15,18)(H,16,17). The highest BCUT2D eigenvalue weighted by Gasteiger charge is 2.50. The van der Waals surface area contributed by atoms with Gasteiger partial charge in [0.2, 0.25) is 0 Å². The van der Waals surface area contributed by atoms with Gasteiger partial charge in [0.25, 0.3) is 0 Å². The van der Waals surface area contributed by atoms with E-state index >= 15 is 0 Å². The highest BCUT2D eigenvalue weighted by molar-refractivity contribution is 5.85. The van der Waals surface area contributed by atoms with Crippen LogP contribution in [0.15, 0.2) is 30.3 Å². The fourth-order valence-corrected chi connectivity index (χ4v) is 2.18. The molecule has 1 aromatic carbocycles. The molecule has 2 rings (SSSR count). The van der Waals surface area contributed by atoms with Crippen LogP contribution in [0.1, 0.15) is 18.9 Å². The third kappa shape index (κ3) is 2.91. The molecule has 0 saturated carbocycles. The van der Waals surface area contributed by atoms with Crippen LogP contribution in [0.25, 0.3) is 0 Å². The number of rotatable bonds is 4. The topological polar surface area (TPSA) is 84.9 Å². The number of carboxylic acids is 1. The molecular weight excluding hydrogens is 262 g/mol. The molecule has 0 bridgehead atoms. The van der Waals surface area contributed by atoms with Gasteiger partial charge in [-0.1, -0.05) is 30.3 Å². The van der Waals surface area contributed by atoms with Crippen LogP contribution in [0, 0.1) is 0 Å². The second-order valence-electron chi connectivity index (χ2n) is 4.73. The Bertz CT molecular complexity index is 490. The molecule has 1 amide bonds. The van der Waals surface area contributed by atoms with Gasteiger partial charge in [-0.05, 0) is 12.5 Å². The number of alkyl carbamates (subject to hydrolysis) is 1. The van der Waals surface area contributed by atoms with E-state index in [9.17, 15) is 14.7 Å². The molecule has 1 fully saturated rings. The zero-order valence-corrected chi connectivity index (χ0v) is 11.2. The summed E-state index contributed by atoms with van der Waals surface area (Å²) in [6.07, 6.45) is -1.12. The minimum Gasteiger partial charge on any atom is -0.479 e. The minimum absolute atomic E-state index is 0.0949. The Morgan fingerprint density at radius 2 is 2.15 bits per heavy atom. The summed E-state index contributed by atoms with van der Waals surface area (Å²) < 4.78 is 10.3. The van der Waals surface area contributed by atoms with Gasteiger partial charge in [0, 0.05) is 13.0 Å². The Balaban J connectivity index is 1.94. The SMILES string of the molecule is CC1OCCC1(NC(=O)OCc1ccccc1)C(=O)O. The molecule has 0 spiro atoms. The summed E-state index contributed by atoms with van der Waals surface area (Å²) in [6, 6.07) is 9.17. The molecule has 0 aliphatic carbocycles. The Hall–Kier alpha value is -2.08. The first-order valence-electron chi connectivity index (χ1n) is 6.38. The fraction of sp³-hybridized carbons (Fsp3) is 0.429. The zero-order valence-electron chi connectivity index (χ0n) is 11.2. The van der Waals surface area contributed by atoms with Gasteiger partial charge in [0.05, 0.1) is 6.10 Å². The van der Waals surface area contributed by atoms with Gasteiger partial charge in [-0.2, -0.15) is 0 Å². The van der Waals surface area contributed by atoms with Crippen molar-refractivity contribution in [2.75, 3.05) is 6.61 Å². The minimum atomic E-state index is -1.41. The van der Waals surface area contributed by atoms with Crippen molar-refractivity contribution in [3.05, 3.63) is 35.9 Å². The van der Waals surface area contributed by atoms with Crippen LogP contribution >= 0.6 is 0 Å². The molecule has 2 N–H and O–H groups in total. The number of nitrogens with one attached hydrogen (secondary N) is 1. The molecule has 0 radical (unpaired) electrons. The highest BCUT2D eigenvalue weighted by atomic mass is 16.6. The van der Waals surface area contributed by atoms with Crippen LogP contribution in [0.4, 0.5) is 4.79 Å². The first-order valence-corrected chi connectivity index (χ1v) is 6.38. The summed E-state index contributed by atoms with van der Waals surface area (Å²) in [6.45, 7) is 2.02. The van der Waals surface area contributed by atoms with E-state index < -0.39 is 23.7 Å². The van der Waals surface area contributed by atoms with E-state index in [2.05, 4.69) is 5.32 Å². The van der Waals surface area contributed by atoms with Crippen LogP contribution in [-0.4, -0.2) is 35.4 Å². The quantitative estimate of drug-likeness (QED) is 0.873. The van der Waals surface area contributed by atoms with Gasteiger partial charge in [0.15, 0.2) is 5.54 Å². The average Bonchev–Trinajstić information content (AvgIpc) is 2.80. The predicted molar refractivity (Wildman–Crippen MR) is 70.2 cm³/mol. The van der Waals surface area contributed by atoms with Crippen molar-refractivity contribution in [2.45, 2.75) is 31.6 Å². The van der Waals surface area contributed by atoms with Crippen molar-refractivity contribution in [3.8, 4) is 0 Å². The number of ether oxygens (including phenoxy) is 2. The molecule has 0 aromatic heterocycles. The van der Waals surface area contributed by atoms with E-state index in [0.717, 1.165) is 5.56 Å². The molecule has 1 heterocycles. The lowest BCUT2D eigenvalue weighted by molar-refractivity contribution is -0.146. The van der Waals surface area contributed by atoms with Gasteiger partial charge < -0.3 is 19.9 Å². The van der Waals surface area contributed by atoms with Crippen molar-refractivity contribution in [2.24, 2.45) is 0 Å². The zero-order chi connectivity index (χ0) is 14.6. The molecule has 2 atom stereocenters. The van der Waals surface area contributed by atoms with Crippen LogP contribution < -0.4 is 5.32 Å². The number of hydrogen-bond donors (Lipinski definition) is 2.